The SMILES string of the molecule is O=C(Cn1c(=O)oc2cc(S(=O)(=O)NCc3ccccc3)ccc21)NN1CCOCC1. The minimum Gasteiger partial charge on any atom is -0.408 e. The Morgan fingerprint density at radius 1 is 1.06 bits per heavy atom. The average molecular weight is 446 g/mol. The van der Waals surface area contributed by atoms with Gasteiger partial charge in [0, 0.05) is 25.7 Å². The number of hydrogen-bond acceptors (Lipinski definition) is 7. The zero-order valence-corrected chi connectivity index (χ0v) is 17.4. The van der Waals surface area contributed by atoms with E-state index < -0.39 is 15.8 Å². The van der Waals surface area contributed by atoms with E-state index in [1.165, 1.54) is 22.8 Å². The Bertz CT molecular complexity index is 1230. The van der Waals surface area contributed by atoms with Crippen molar-refractivity contribution in [3.8, 4) is 0 Å². The molecule has 0 unspecified atom stereocenters. The number of aromatic nitrogens is 1. The van der Waals surface area contributed by atoms with Crippen LogP contribution in [0.4, 0.5) is 0 Å². The largest absolute Gasteiger partial charge is 0.420 e. The van der Waals surface area contributed by atoms with E-state index in [1.54, 1.807) is 5.01 Å². The van der Waals surface area contributed by atoms with E-state index in [0.29, 0.717) is 31.8 Å². The lowest BCUT2D eigenvalue weighted by Crippen LogP contribution is -2.49. The summed E-state index contributed by atoms with van der Waals surface area (Å²) in [6, 6.07) is 13.2. The van der Waals surface area contributed by atoms with Crippen molar-refractivity contribution in [1.82, 2.24) is 19.7 Å². The second-order valence-electron chi connectivity index (χ2n) is 7.03. The number of amides is 1. The maximum absolute atomic E-state index is 12.6. The zero-order chi connectivity index (χ0) is 21.8. The van der Waals surface area contributed by atoms with Crippen molar-refractivity contribution in [2.24, 2.45) is 0 Å². The van der Waals surface area contributed by atoms with Gasteiger partial charge in [0.05, 0.1) is 23.6 Å². The molecule has 164 valence electrons. The van der Waals surface area contributed by atoms with Crippen LogP contribution in [0.1, 0.15) is 5.56 Å². The first-order chi connectivity index (χ1) is 14.9. The third-order valence-corrected chi connectivity index (χ3v) is 6.25. The van der Waals surface area contributed by atoms with Gasteiger partial charge in [0.25, 0.3) is 5.91 Å². The summed E-state index contributed by atoms with van der Waals surface area (Å²) in [7, 11) is -3.81. The van der Waals surface area contributed by atoms with E-state index in [-0.39, 0.29) is 29.5 Å². The van der Waals surface area contributed by atoms with Gasteiger partial charge >= 0.3 is 5.76 Å². The molecule has 11 heteroatoms. The fourth-order valence-corrected chi connectivity index (χ4v) is 4.28. The van der Waals surface area contributed by atoms with Crippen LogP contribution in [0.3, 0.4) is 0 Å². The Morgan fingerprint density at radius 2 is 1.81 bits per heavy atom. The molecule has 10 nitrogen and oxygen atoms in total. The summed E-state index contributed by atoms with van der Waals surface area (Å²) in [6.07, 6.45) is 0. The highest BCUT2D eigenvalue weighted by Gasteiger charge is 2.20. The predicted octanol–water partition coefficient (Wildman–Crippen LogP) is 0.436. The van der Waals surface area contributed by atoms with Crippen LogP contribution < -0.4 is 15.9 Å². The van der Waals surface area contributed by atoms with Crippen LogP contribution >= 0.6 is 0 Å². The number of sulfonamides is 1. The zero-order valence-electron chi connectivity index (χ0n) is 16.6. The number of morpholine rings is 1. The topological polar surface area (TPSA) is 123 Å². The van der Waals surface area contributed by atoms with Crippen molar-refractivity contribution in [3.05, 3.63) is 64.6 Å². The summed E-state index contributed by atoms with van der Waals surface area (Å²) in [6.45, 7) is 2.04. The molecule has 0 saturated carbocycles. The average Bonchev–Trinajstić information content (AvgIpc) is 3.08. The molecule has 1 fully saturated rings. The number of benzene rings is 2. The lowest BCUT2D eigenvalue weighted by Gasteiger charge is -2.26. The monoisotopic (exact) mass is 446 g/mol. The molecule has 0 radical (unpaired) electrons. The molecule has 3 aromatic rings. The van der Waals surface area contributed by atoms with Crippen LogP contribution in [0, 0.1) is 0 Å². The van der Waals surface area contributed by atoms with Crippen LogP contribution in [-0.4, -0.2) is 50.2 Å². The molecule has 2 heterocycles. The third kappa shape index (κ3) is 5.02. The van der Waals surface area contributed by atoms with Crippen LogP contribution in [0.15, 0.2) is 62.6 Å². The minimum absolute atomic E-state index is 0.0328. The first kappa shape index (κ1) is 21.2. The molecule has 0 atom stereocenters. The quantitative estimate of drug-likeness (QED) is 0.540. The number of rotatable bonds is 7. The Balaban J connectivity index is 1.49. The van der Waals surface area contributed by atoms with Crippen molar-refractivity contribution in [2.75, 3.05) is 26.3 Å². The Labute approximate surface area is 178 Å². The third-order valence-electron chi connectivity index (χ3n) is 4.85. The van der Waals surface area contributed by atoms with E-state index in [1.807, 2.05) is 30.3 Å². The number of ether oxygens (including phenoxy) is 1. The second-order valence-corrected chi connectivity index (χ2v) is 8.80. The van der Waals surface area contributed by atoms with Crippen molar-refractivity contribution in [1.29, 1.82) is 0 Å². The predicted molar refractivity (Wildman–Crippen MR) is 111 cm³/mol. The number of nitrogens with one attached hydrogen (secondary N) is 2. The molecule has 4 rings (SSSR count). The van der Waals surface area contributed by atoms with E-state index in [0.717, 1.165) is 5.56 Å². The summed E-state index contributed by atoms with van der Waals surface area (Å²) in [5, 5.41) is 1.72. The fraction of sp³-hybridized carbons (Fsp3) is 0.300. The number of oxazole rings is 1. The number of carbonyl (C=O) groups excluding carboxylic acids is 1. The standard InChI is InChI=1S/C20H22N4O6S/c25-19(22-23-8-10-29-11-9-23)14-24-17-7-6-16(12-18(17)30-20(24)26)31(27,28)21-13-15-4-2-1-3-5-15/h1-7,12,21H,8-11,13-14H2,(H,22,25). The van der Waals surface area contributed by atoms with Crippen LogP contribution in [-0.2, 0) is 32.6 Å². The Kier molecular flexibility index (Phi) is 6.18. The summed E-state index contributed by atoms with van der Waals surface area (Å²) in [5.74, 6) is -1.12. The molecule has 2 N–H and O–H groups in total. The van der Waals surface area contributed by atoms with Gasteiger partial charge in [-0.2, -0.15) is 0 Å². The van der Waals surface area contributed by atoms with Gasteiger partial charge in [-0.25, -0.2) is 22.9 Å². The van der Waals surface area contributed by atoms with Crippen molar-refractivity contribution in [2.45, 2.75) is 18.0 Å². The van der Waals surface area contributed by atoms with Gasteiger partial charge in [0.15, 0.2) is 5.58 Å². The van der Waals surface area contributed by atoms with E-state index in [4.69, 9.17) is 9.15 Å². The molecule has 31 heavy (non-hydrogen) atoms. The molecule has 1 aromatic heterocycles. The van der Waals surface area contributed by atoms with Gasteiger partial charge in [-0.05, 0) is 17.7 Å². The van der Waals surface area contributed by atoms with Crippen molar-refractivity contribution >= 4 is 27.0 Å². The van der Waals surface area contributed by atoms with E-state index in [9.17, 15) is 18.0 Å². The van der Waals surface area contributed by atoms with Gasteiger partial charge in [0.1, 0.15) is 6.54 Å². The summed E-state index contributed by atoms with van der Waals surface area (Å²) in [4.78, 5) is 24.5. The highest BCUT2D eigenvalue weighted by atomic mass is 32.2. The molecular weight excluding hydrogens is 424 g/mol. The van der Waals surface area contributed by atoms with Gasteiger partial charge in [-0.3, -0.25) is 14.8 Å². The summed E-state index contributed by atoms with van der Waals surface area (Å²) < 4.78 is 39.3. The molecule has 0 spiro atoms. The first-order valence-corrected chi connectivity index (χ1v) is 11.2. The number of nitrogens with zero attached hydrogens (tertiary/aromatic N) is 2. The molecular formula is C20H22N4O6S. The fourth-order valence-electron chi connectivity index (χ4n) is 3.25. The Morgan fingerprint density at radius 3 is 2.55 bits per heavy atom. The minimum atomic E-state index is -3.81. The molecule has 1 saturated heterocycles. The molecule has 1 aliphatic heterocycles. The maximum Gasteiger partial charge on any atom is 0.420 e. The smallest absolute Gasteiger partial charge is 0.408 e. The first-order valence-electron chi connectivity index (χ1n) is 9.71. The molecule has 1 aliphatic rings. The molecule has 2 aromatic carbocycles. The van der Waals surface area contributed by atoms with Gasteiger partial charge < -0.3 is 9.15 Å². The molecule has 0 aliphatic carbocycles. The lowest BCUT2D eigenvalue weighted by molar-refractivity contribution is -0.128. The number of hydrazine groups is 1. The molecule has 1 amide bonds. The number of fused-ring (bicyclic) bond motifs is 1. The maximum atomic E-state index is 12.6. The highest BCUT2D eigenvalue weighted by Crippen LogP contribution is 2.19. The van der Waals surface area contributed by atoms with E-state index in [2.05, 4.69) is 10.1 Å². The summed E-state index contributed by atoms with van der Waals surface area (Å²) >= 11 is 0. The van der Waals surface area contributed by atoms with Crippen LogP contribution in [0.2, 0.25) is 0 Å². The van der Waals surface area contributed by atoms with Crippen LogP contribution in [0.25, 0.3) is 11.1 Å². The van der Waals surface area contributed by atoms with Crippen molar-refractivity contribution < 1.29 is 22.4 Å². The highest BCUT2D eigenvalue weighted by molar-refractivity contribution is 7.89. The number of carbonyl (C=O) groups is 1. The normalized spacial score (nSPS) is 15.2. The lowest BCUT2D eigenvalue weighted by atomic mass is 10.2. The van der Waals surface area contributed by atoms with Crippen molar-refractivity contribution in [3.63, 3.8) is 0 Å². The van der Waals surface area contributed by atoms with Gasteiger partial charge in [0.2, 0.25) is 10.0 Å². The number of hydrogen-bond donors (Lipinski definition) is 2. The van der Waals surface area contributed by atoms with E-state index >= 15 is 0 Å². The van der Waals surface area contributed by atoms with Gasteiger partial charge in [-0.1, -0.05) is 30.3 Å². The van der Waals surface area contributed by atoms with Gasteiger partial charge in [-0.15, -0.1) is 0 Å². The second kappa shape index (κ2) is 9.02. The molecule has 0 bridgehead atoms. The summed E-state index contributed by atoms with van der Waals surface area (Å²) in [5.41, 5.74) is 3.97. The Hall–Kier alpha value is -2.99. The van der Waals surface area contributed by atoms with Crippen LogP contribution in [0.5, 0.6) is 0 Å².